The Balaban J connectivity index is 1.99. The summed E-state index contributed by atoms with van der Waals surface area (Å²) in [5, 5.41) is 0. The van der Waals surface area contributed by atoms with Gasteiger partial charge in [0.1, 0.15) is 23.1 Å². The van der Waals surface area contributed by atoms with Crippen LogP contribution in [0.2, 0.25) is 0 Å². The zero-order valence-corrected chi connectivity index (χ0v) is 17.8. The molecule has 0 saturated carbocycles. The van der Waals surface area contributed by atoms with Gasteiger partial charge in [0.25, 0.3) is 0 Å². The lowest BCUT2D eigenvalue weighted by Crippen LogP contribution is -2.17. The van der Waals surface area contributed by atoms with Gasteiger partial charge in [0, 0.05) is 18.8 Å². The lowest BCUT2D eigenvalue weighted by molar-refractivity contribution is -0.145. The first-order chi connectivity index (χ1) is 15.3. The summed E-state index contributed by atoms with van der Waals surface area (Å²) in [4.78, 5) is 12.8. The summed E-state index contributed by atoms with van der Waals surface area (Å²) in [6.07, 6.45) is 0. The number of halogens is 3. The Morgan fingerprint density at radius 3 is 2.47 bits per heavy atom. The van der Waals surface area contributed by atoms with E-state index in [2.05, 4.69) is 0 Å². The molecule has 0 saturated heterocycles. The minimum Gasteiger partial charge on any atom is -0.497 e. The predicted octanol–water partition coefficient (Wildman–Crippen LogP) is 5.49. The van der Waals surface area contributed by atoms with Crippen LogP contribution in [0.15, 0.2) is 54.6 Å². The van der Waals surface area contributed by atoms with E-state index < -0.39 is 30.0 Å². The second-order valence-corrected chi connectivity index (χ2v) is 6.79. The fourth-order valence-corrected chi connectivity index (χ4v) is 3.14. The van der Waals surface area contributed by atoms with E-state index >= 15 is 4.39 Å². The number of anilines is 2. The van der Waals surface area contributed by atoms with E-state index in [0.29, 0.717) is 22.6 Å². The van der Waals surface area contributed by atoms with Crippen molar-refractivity contribution in [1.29, 1.82) is 0 Å². The molecule has 0 aliphatic heterocycles. The Hall–Kier alpha value is -3.68. The number of rotatable bonds is 8. The van der Waals surface area contributed by atoms with E-state index in [0.717, 1.165) is 12.1 Å². The average molecular weight is 445 g/mol. The number of hydrogen-bond acceptors (Lipinski definition) is 5. The van der Waals surface area contributed by atoms with Crippen molar-refractivity contribution in [2.24, 2.45) is 0 Å². The molecule has 0 spiro atoms. The molecule has 0 aliphatic rings. The first-order valence-electron chi connectivity index (χ1n) is 9.79. The minimum absolute atomic E-state index is 0.158. The van der Waals surface area contributed by atoms with E-state index in [4.69, 9.17) is 14.2 Å². The predicted molar refractivity (Wildman–Crippen MR) is 115 cm³/mol. The van der Waals surface area contributed by atoms with Crippen LogP contribution in [0.5, 0.6) is 11.5 Å². The number of benzene rings is 3. The van der Waals surface area contributed by atoms with Gasteiger partial charge in [0.15, 0.2) is 18.2 Å². The first-order valence-corrected chi connectivity index (χ1v) is 9.79. The molecule has 32 heavy (non-hydrogen) atoms. The highest BCUT2D eigenvalue weighted by Gasteiger charge is 2.21. The van der Waals surface area contributed by atoms with E-state index in [9.17, 15) is 13.6 Å². The molecule has 8 heteroatoms. The van der Waals surface area contributed by atoms with Crippen molar-refractivity contribution >= 4 is 17.3 Å². The number of hydrogen-bond donors (Lipinski definition) is 0. The van der Waals surface area contributed by atoms with Gasteiger partial charge >= 0.3 is 5.97 Å². The fraction of sp³-hybridized carbons (Fsp3) is 0.208. The van der Waals surface area contributed by atoms with Crippen LogP contribution in [-0.2, 0) is 9.53 Å². The molecule has 3 aromatic rings. The van der Waals surface area contributed by atoms with Crippen LogP contribution in [0, 0.1) is 17.5 Å². The highest BCUT2D eigenvalue weighted by molar-refractivity contribution is 5.75. The zero-order chi connectivity index (χ0) is 23.3. The van der Waals surface area contributed by atoms with Gasteiger partial charge in [-0.25, -0.2) is 18.0 Å². The molecule has 0 amide bonds. The van der Waals surface area contributed by atoms with Gasteiger partial charge in [0.2, 0.25) is 0 Å². The van der Waals surface area contributed by atoms with Crippen LogP contribution in [0.25, 0.3) is 11.1 Å². The maximum Gasteiger partial charge on any atom is 0.344 e. The Labute approximate surface area is 183 Å². The van der Waals surface area contributed by atoms with Crippen LogP contribution in [0.4, 0.5) is 24.5 Å². The number of carbonyl (C=O) groups is 1. The number of methoxy groups -OCH3 is 1. The van der Waals surface area contributed by atoms with Crippen molar-refractivity contribution < 1.29 is 32.2 Å². The molecular weight excluding hydrogens is 423 g/mol. The second kappa shape index (κ2) is 10.1. The minimum atomic E-state index is -0.980. The summed E-state index contributed by atoms with van der Waals surface area (Å²) in [6.45, 7) is 1.28. The van der Waals surface area contributed by atoms with Gasteiger partial charge < -0.3 is 19.1 Å². The van der Waals surface area contributed by atoms with E-state index in [1.807, 2.05) is 0 Å². The lowest BCUT2D eigenvalue weighted by Gasteiger charge is -2.23. The highest BCUT2D eigenvalue weighted by atomic mass is 19.1. The third kappa shape index (κ3) is 5.14. The maximum atomic E-state index is 15.1. The molecule has 5 nitrogen and oxygen atoms in total. The van der Waals surface area contributed by atoms with E-state index in [1.54, 1.807) is 37.3 Å². The van der Waals surface area contributed by atoms with E-state index in [-0.39, 0.29) is 18.0 Å². The van der Waals surface area contributed by atoms with Crippen molar-refractivity contribution in [3.63, 3.8) is 0 Å². The molecule has 0 aliphatic carbocycles. The smallest absolute Gasteiger partial charge is 0.344 e. The summed E-state index contributed by atoms with van der Waals surface area (Å²) in [5.74, 6) is -2.77. The van der Waals surface area contributed by atoms with Crippen molar-refractivity contribution in [1.82, 2.24) is 0 Å². The summed E-state index contributed by atoms with van der Waals surface area (Å²) < 4.78 is 58.7. The first kappa shape index (κ1) is 23.0. The van der Waals surface area contributed by atoms with Crippen LogP contribution in [0.1, 0.15) is 6.92 Å². The average Bonchev–Trinajstić information content (AvgIpc) is 2.78. The van der Waals surface area contributed by atoms with Crippen LogP contribution < -0.4 is 14.4 Å². The molecule has 168 valence electrons. The van der Waals surface area contributed by atoms with Gasteiger partial charge in [-0.2, -0.15) is 0 Å². The lowest BCUT2D eigenvalue weighted by atomic mass is 10.0. The molecule has 0 aromatic heterocycles. The van der Waals surface area contributed by atoms with Crippen LogP contribution >= 0.6 is 0 Å². The Morgan fingerprint density at radius 2 is 1.78 bits per heavy atom. The third-order valence-electron chi connectivity index (χ3n) is 4.69. The summed E-state index contributed by atoms with van der Waals surface area (Å²) in [7, 11) is 2.93. The molecule has 0 atom stereocenters. The van der Waals surface area contributed by atoms with Gasteiger partial charge in [-0.3, -0.25) is 0 Å². The van der Waals surface area contributed by atoms with Gasteiger partial charge in [0.05, 0.1) is 13.7 Å². The molecule has 0 radical (unpaired) electrons. The molecule has 0 unspecified atom stereocenters. The van der Waals surface area contributed by atoms with Crippen molar-refractivity contribution in [3.05, 3.63) is 72.0 Å². The largest absolute Gasteiger partial charge is 0.497 e. The van der Waals surface area contributed by atoms with E-state index in [1.165, 1.54) is 31.2 Å². The Kier molecular flexibility index (Phi) is 7.25. The zero-order valence-electron chi connectivity index (χ0n) is 17.8. The van der Waals surface area contributed by atoms with Crippen molar-refractivity contribution in [2.45, 2.75) is 6.92 Å². The maximum absolute atomic E-state index is 15.1. The summed E-state index contributed by atoms with van der Waals surface area (Å²) in [5.41, 5.74) is 1.18. The molecule has 3 aromatic carbocycles. The molecular formula is C24H22F3NO4. The molecule has 0 N–H and O–H groups in total. The number of carbonyl (C=O) groups excluding carboxylic acids is 1. The monoisotopic (exact) mass is 445 g/mol. The van der Waals surface area contributed by atoms with Crippen LogP contribution in [-0.4, -0.2) is 33.3 Å². The third-order valence-corrected chi connectivity index (χ3v) is 4.69. The number of nitrogens with zero attached hydrogens (tertiary/aromatic N) is 1. The Bertz CT molecular complexity index is 1120. The quantitative estimate of drug-likeness (QED) is 0.429. The second-order valence-electron chi connectivity index (χ2n) is 6.79. The van der Waals surface area contributed by atoms with Crippen LogP contribution in [0.3, 0.4) is 0 Å². The topological polar surface area (TPSA) is 48.0 Å². The SMILES string of the molecule is CCOC(=O)COc1ccc(F)c(N(C)c2cc(OC)cc(-c3cccc(F)c3)c2)c1F. The molecule has 0 fully saturated rings. The van der Waals surface area contributed by atoms with Crippen molar-refractivity contribution in [3.8, 4) is 22.6 Å². The fourth-order valence-electron chi connectivity index (χ4n) is 3.14. The van der Waals surface area contributed by atoms with Gasteiger partial charge in [-0.05, 0) is 54.4 Å². The Morgan fingerprint density at radius 1 is 1.00 bits per heavy atom. The van der Waals surface area contributed by atoms with Gasteiger partial charge in [-0.15, -0.1) is 0 Å². The number of ether oxygens (including phenoxy) is 3. The number of esters is 1. The van der Waals surface area contributed by atoms with Gasteiger partial charge in [-0.1, -0.05) is 12.1 Å². The van der Waals surface area contributed by atoms with Crippen molar-refractivity contribution in [2.75, 3.05) is 32.3 Å². The summed E-state index contributed by atoms with van der Waals surface area (Å²) in [6, 6.07) is 13.0. The molecule has 0 heterocycles. The highest BCUT2D eigenvalue weighted by Crippen LogP contribution is 2.37. The standard InChI is InChI=1S/C24H22F3NO4/c1-4-31-22(29)14-32-21-9-8-20(26)24(23(21)27)28(2)18-11-16(12-19(13-18)30-3)15-6-5-7-17(25)10-15/h5-13H,4,14H2,1-3H3. The summed E-state index contributed by atoms with van der Waals surface area (Å²) >= 11 is 0. The molecule has 3 rings (SSSR count). The molecule has 0 bridgehead atoms. The normalized spacial score (nSPS) is 10.6.